The van der Waals surface area contributed by atoms with Gasteiger partial charge in [0.2, 0.25) is 5.91 Å². The monoisotopic (exact) mass is 319 g/mol. The number of aromatic nitrogens is 2. The first-order valence-corrected chi connectivity index (χ1v) is 9.04. The Morgan fingerprint density at radius 2 is 2.17 bits per heavy atom. The molecule has 0 bridgehead atoms. The van der Waals surface area contributed by atoms with Gasteiger partial charge in [0.05, 0.1) is 0 Å². The molecule has 1 amide bonds. The minimum atomic E-state index is 0.0655. The van der Waals surface area contributed by atoms with E-state index in [2.05, 4.69) is 26.7 Å². The molecule has 6 nitrogen and oxygen atoms in total. The van der Waals surface area contributed by atoms with Crippen molar-refractivity contribution >= 4 is 5.91 Å². The van der Waals surface area contributed by atoms with Crippen molar-refractivity contribution in [1.29, 1.82) is 0 Å². The predicted molar refractivity (Wildman–Crippen MR) is 90.4 cm³/mol. The van der Waals surface area contributed by atoms with Crippen LogP contribution in [0.25, 0.3) is 0 Å². The zero-order valence-electron chi connectivity index (χ0n) is 14.0. The Hall–Kier alpha value is -1.40. The second kappa shape index (κ2) is 8.45. The number of nitrogens with one attached hydrogen (secondary N) is 2. The third-order valence-electron chi connectivity index (χ3n) is 4.96. The highest BCUT2D eigenvalue weighted by molar-refractivity contribution is 5.75. The Kier molecular flexibility index (Phi) is 6.05. The number of piperidine rings is 2. The summed E-state index contributed by atoms with van der Waals surface area (Å²) in [7, 11) is 0. The predicted octanol–water partition coefficient (Wildman–Crippen LogP) is 0.952. The van der Waals surface area contributed by atoms with Gasteiger partial charge in [0.25, 0.3) is 0 Å². The summed E-state index contributed by atoms with van der Waals surface area (Å²) in [5, 5.41) is 10.8. The van der Waals surface area contributed by atoms with Gasteiger partial charge in [-0.3, -0.25) is 9.48 Å². The zero-order chi connectivity index (χ0) is 15.9. The van der Waals surface area contributed by atoms with Crippen LogP contribution in [-0.2, 0) is 11.3 Å². The van der Waals surface area contributed by atoms with Crippen LogP contribution in [0.3, 0.4) is 0 Å². The van der Waals surface area contributed by atoms with Crippen LogP contribution >= 0.6 is 0 Å². The van der Waals surface area contributed by atoms with Crippen molar-refractivity contribution < 1.29 is 4.79 Å². The number of hydrogen-bond donors (Lipinski definition) is 2. The van der Waals surface area contributed by atoms with Gasteiger partial charge in [-0.1, -0.05) is 6.42 Å². The van der Waals surface area contributed by atoms with Gasteiger partial charge in [0.15, 0.2) is 0 Å². The summed E-state index contributed by atoms with van der Waals surface area (Å²) in [6.07, 6.45) is 8.11. The smallest absolute Gasteiger partial charge is 0.241 e. The Balaban J connectivity index is 1.43. The number of rotatable bonds is 6. The van der Waals surface area contributed by atoms with Crippen molar-refractivity contribution in [2.75, 3.05) is 39.3 Å². The Morgan fingerprint density at radius 3 is 2.96 bits per heavy atom. The third-order valence-corrected chi connectivity index (χ3v) is 4.96. The van der Waals surface area contributed by atoms with Crippen LogP contribution in [0.5, 0.6) is 0 Å². The van der Waals surface area contributed by atoms with Crippen molar-refractivity contribution in [3.05, 3.63) is 18.0 Å². The van der Waals surface area contributed by atoms with E-state index in [1.165, 1.54) is 50.9 Å². The molecule has 2 aliphatic heterocycles. The Morgan fingerprint density at radius 1 is 1.30 bits per heavy atom. The lowest BCUT2D eigenvalue weighted by atomic mass is 9.96. The van der Waals surface area contributed by atoms with Crippen LogP contribution < -0.4 is 10.6 Å². The quantitative estimate of drug-likeness (QED) is 0.820. The fourth-order valence-electron chi connectivity index (χ4n) is 3.65. The minimum Gasteiger partial charge on any atom is -0.353 e. The lowest BCUT2D eigenvalue weighted by Gasteiger charge is -2.26. The number of likely N-dealkylation sites (tertiary alicyclic amines) is 1. The van der Waals surface area contributed by atoms with Crippen molar-refractivity contribution in [3.8, 4) is 0 Å². The van der Waals surface area contributed by atoms with E-state index >= 15 is 0 Å². The molecule has 2 saturated heterocycles. The topological polar surface area (TPSA) is 62.2 Å². The van der Waals surface area contributed by atoms with Gasteiger partial charge in [-0.05, 0) is 51.4 Å². The van der Waals surface area contributed by atoms with Gasteiger partial charge in [0.1, 0.15) is 6.54 Å². The molecule has 2 fully saturated rings. The molecule has 0 unspecified atom stereocenters. The average Bonchev–Trinajstić information content (AvgIpc) is 3.05. The lowest BCUT2D eigenvalue weighted by Crippen LogP contribution is -2.39. The molecule has 2 N–H and O–H groups in total. The molecule has 23 heavy (non-hydrogen) atoms. The molecular weight excluding hydrogens is 290 g/mol. The summed E-state index contributed by atoms with van der Waals surface area (Å²) in [5.74, 6) is 0.545. The number of carbonyl (C=O) groups is 1. The van der Waals surface area contributed by atoms with E-state index in [4.69, 9.17) is 0 Å². The maximum atomic E-state index is 12.2. The molecule has 6 heteroatoms. The first kappa shape index (κ1) is 16.5. The molecule has 3 heterocycles. The maximum absolute atomic E-state index is 12.2. The van der Waals surface area contributed by atoms with Crippen molar-refractivity contribution in [1.82, 2.24) is 25.3 Å². The van der Waals surface area contributed by atoms with Crippen LogP contribution in [0, 0.1) is 0 Å². The number of amides is 1. The molecule has 128 valence electrons. The van der Waals surface area contributed by atoms with Crippen molar-refractivity contribution in [3.63, 3.8) is 0 Å². The first-order chi connectivity index (χ1) is 11.3. The standard InChI is InChI=1S/C17H29N5O/c23-17(19-9-12-21-10-2-1-3-11-21)14-22-16(6-8-20-22)15-5-4-7-18-13-15/h6,8,15,18H,1-5,7,9-14H2,(H,19,23)/t15-/m1/s1. The maximum Gasteiger partial charge on any atom is 0.241 e. The van der Waals surface area contributed by atoms with Crippen LogP contribution in [0.15, 0.2) is 12.3 Å². The van der Waals surface area contributed by atoms with Crippen molar-refractivity contribution in [2.45, 2.75) is 44.6 Å². The molecule has 0 spiro atoms. The highest BCUT2D eigenvalue weighted by atomic mass is 16.2. The Labute approximate surface area is 138 Å². The number of carbonyl (C=O) groups excluding carboxylic acids is 1. The van der Waals surface area contributed by atoms with Crippen LogP contribution in [0.4, 0.5) is 0 Å². The van der Waals surface area contributed by atoms with E-state index < -0.39 is 0 Å². The SMILES string of the molecule is O=C(Cn1nccc1[C@@H]1CCCNC1)NCCN1CCCCC1. The Bertz CT molecular complexity index is 489. The molecular formula is C17H29N5O. The van der Waals surface area contributed by atoms with Gasteiger partial charge in [-0.25, -0.2) is 0 Å². The first-order valence-electron chi connectivity index (χ1n) is 9.04. The molecule has 0 aromatic carbocycles. The highest BCUT2D eigenvalue weighted by Gasteiger charge is 2.20. The molecule has 2 aliphatic rings. The van der Waals surface area contributed by atoms with E-state index in [1.54, 1.807) is 0 Å². The van der Waals surface area contributed by atoms with E-state index in [9.17, 15) is 4.79 Å². The van der Waals surface area contributed by atoms with Crippen LogP contribution in [-0.4, -0.2) is 59.9 Å². The fourth-order valence-corrected chi connectivity index (χ4v) is 3.65. The third kappa shape index (κ3) is 4.78. The molecule has 0 aliphatic carbocycles. The second-order valence-corrected chi connectivity index (χ2v) is 6.71. The van der Waals surface area contributed by atoms with E-state index in [0.29, 0.717) is 12.5 Å². The number of hydrogen-bond acceptors (Lipinski definition) is 4. The summed E-state index contributed by atoms with van der Waals surface area (Å²) in [6, 6.07) is 2.05. The largest absolute Gasteiger partial charge is 0.353 e. The summed E-state index contributed by atoms with van der Waals surface area (Å²) in [6.45, 7) is 6.47. The summed E-state index contributed by atoms with van der Waals surface area (Å²) >= 11 is 0. The molecule has 1 atom stereocenters. The normalized spacial score (nSPS) is 22.9. The van der Waals surface area contributed by atoms with Gasteiger partial charge < -0.3 is 15.5 Å². The highest BCUT2D eigenvalue weighted by Crippen LogP contribution is 2.22. The molecule has 3 rings (SSSR count). The summed E-state index contributed by atoms with van der Waals surface area (Å²) in [5.41, 5.74) is 1.18. The molecule has 0 radical (unpaired) electrons. The fraction of sp³-hybridized carbons (Fsp3) is 0.765. The molecule has 0 saturated carbocycles. The van der Waals surface area contributed by atoms with E-state index in [-0.39, 0.29) is 5.91 Å². The van der Waals surface area contributed by atoms with Crippen LogP contribution in [0.1, 0.15) is 43.7 Å². The molecule has 1 aromatic heterocycles. The van der Waals surface area contributed by atoms with E-state index in [1.807, 2.05) is 10.9 Å². The lowest BCUT2D eigenvalue weighted by molar-refractivity contribution is -0.121. The van der Waals surface area contributed by atoms with E-state index in [0.717, 1.165) is 26.2 Å². The van der Waals surface area contributed by atoms with Crippen LogP contribution in [0.2, 0.25) is 0 Å². The van der Waals surface area contributed by atoms with Crippen molar-refractivity contribution in [2.24, 2.45) is 0 Å². The van der Waals surface area contributed by atoms with Gasteiger partial charge >= 0.3 is 0 Å². The molecule has 1 aromatic rings. The zero-order valence-corrected chi connectivity index (χ0v) is 14.0. The van der Waals surface area contributed by atoms with Gasteiger partial charge in [0, 0.05) is 37.4 Å². The van der Waals surface area contributed by atoms with Gasteiger partial charge in [-0.15, -0.1) is 0 Å². The average molecular weight is 319 g/mol. The second-order valence-electron chi connectivity index (χ2n) is 6.71. The summed E-state index contributed by atoms with van der Waals surface area (Å²) < 4.78 is 1.87. The minimum absolute atomic E-state index is 0.0655. The van der Waals surface area contributed by atoms with Gasteiger partial charge in [-0.2, -0.15) is 5.10 Å². The summed E-state index contributed by atoms with van der Waals surface area (Å²) in [4.78, 5) is 14.6. The number of nitrogens with zero attached hydrogens (tertiary/aromatic N) is 3.